The van der Waals surface area contributed by atoms with E-state index in [1.807, 2.05) is 23.1 Å². The van der Waals surface area contributed by atoms with Gasteiger partial charge in [0.15, 0.2) is 5.78 Å². The molecule has 3 aliphatic rings. The van der Waals surface area contributed by atoms with E-state index in [1.165, 1.54) is 12.8 Å². The van der Waals surface area contributed by atoms with E-state index in [0.29, 0.717) is 24.5 Å². The van der Waals surface area contributed by atoms with Gasteiger partial charge in [-0.3, -0.25) is 14.5 Å². The number of pyridine rings is 1. The fourth-order valence-corrected chi connectivity index (χ4v) is 4.86. The molecule has 5 nitrogen and oxygen atoms in total. The number of Topliss-reactive ketones (excluding diaryl/α,β-unsaturated/α-hetero) is 1. The lowest BCUT2D eigenvalue weighted by atomic mass is 9.96. The van der Waals surface area contributed by atoms with Gasteiger partial charge in [-0.15, -0.1) is 0 Å². The number of rotatable bonds is 3. The van der Waals surface area contributed by atoms with E-state index < -0.39 is 0 Å². The van der Waals surface area contributed by atoms with Crippen molar-refractivity contribution in [3.8, 4) is 17.2 Å². The van der Waals surface area contributed by atoms with Crippen LogP contribution in [0.5, 0.6) is 0 Å². The summed E-state index contributed by atoms with van der Waals surface area (Å²) in [6.07, 6.45) is 12.3. The summed E-state index contributed by atoms with van der Waals surface area (Å²) < 4.78 is 1.91. The summed E-state index contributed by atoms with van der Waals surface area (Å²) in [5, 5.41) is 14.0. The Morgan fingerprint density at radius 2 is 2.15 bits per heavy atom. The van der Waals surface area contributed by atoms with Crippen molar-refractivity contribution >= 4 is 11.4 Å². The third-order valence-electron chi connectivity index (χ3n) is 6.11. The van der Waals surface area contributed by atoms with Crippen molar-refractivity contribution < 1.29 is 4.79 Å². The molecule has 0 saturated heterocycles. The molecule has 1 atom stereocenters. The third kappa shape index (κ3) is 2.25. The zero-order valence-electron chi connectivity index (χ0n) is 14.6. The number of ketones is 1. The van der Waals surface area contributed by atoms with Crippen LogP contribution in [-0.2, 0) is 6.42 Å². The van der Waals surface area contributed by atoms with Gasteiger partial charge in [-0.2, -0.15) is 10.4 Å². The molecule has 5 rings (SSSR count). The van der Waals surface area contributed by atoms with Gasteiger partial charge in [-0.05, 0) is 36.0 Å². The molecule has 2 heterocycles. The number of allylic oxidation sites excluding steroid dienone is 2. The first-order valence-corrected chi connectivity index (χ1v) is 9.43. The maximum atomic E-state index is 12.9. The molecule has 3 aliphatic carbocycles. The maximum absolute atomic E-state index is 12.9. The molecule has 26 heavy (non-hydrogen) atoms. The van der Waals surface area contributed by atoms with Gasteiger partial charge in [0, 0.05) is 36.4 Å². The Bertz CT molecular complexity index is 972. The summed E-state index contributed by atoms with van der Waals surface area (Å²) in [4.78, 5) is 17.4. The molecule has 2 aromatic heterocycles. The Kier molecular flexibility index (Phi) is 3.53. The quantitative estimate of drug-likeness (QED) is 0.840. The van der Waals surface area contributed by atoms with E-state index in [0.717, 1.165) is 47.2 Å². The van der Waals surface area contributed by atoms with Crippen molar-refractivity contribution in [3.05, 3.63) is 41.5 Å². The Balaban J connectivity index is 1.65. The average molecular weight is 344 g/mol. The van der Waals surface area contributed by atoms with Crippen molar-refractivity contribution in [3.63, 3.8) is 0 Å². The fraction of sp³-hybridized carbons (Fsp3) is 0.429. The van der Waals surface area contributed by atoms with Gasteiger partial charge in [0.2, 0.25) is 0 Å². The van der Waals surface area contributed by atoms with Gasteiger partial charge in [0.05, 0.1) is 24.2 Å². The minimum Gasteiger partial charge on any atom is -0.292 e. The Labute approximate surface area is 152 Å². The molecule has 0 aromatic carbocycles. The Morgan fingerprint density at radius 1 is 1.31 bits per heavy atom. The van der Waals surface area contributed by atoms with Crippen LogP contribution in [0.1, 0.15) is 66.3 Å². The summed E-state index contributed by atoms with van der Waals surface area (Å²) in [6.45, 7) is 0. The van der Waals surface area contributed by atoms with Crippen LogP contribution in [0.4, 0.5) is 0 Å². The average Bonchev–Trinajstić information content (AvgIpc) is 3.38. The van der Waals surface area contributed by atoms with Crippen LogP contribution in [0.2, 0.25) is 0 Å². The molecule has 130 valence electrons. The van der Waals surface area contributed by atoms with E-state index in [9.17, 15) is 10.1 Å². The summed E-state index contributed by atoms with van der Waals surface area (Å²) in [6, 6.07) is 4.39. The van der Waals surface area contributed by atoms with Crippen molar-refractivity contribution in [1.29, 1.82) is 5.26 Å². The van der Waals surface area contributed by atoms with Gasteiger partial charge in [-0.25, -0.2) is 0 Å². The summed E-state index contributed by atoms with van der Waals surface area (Å²) >= 11 is 0. The van der Waals surface area contributed by atoms with Crippen LogP contribution in [-0.4, -0.2) is 20.5 Å². The lowest BCUT2D eigenvalue weighted by Gasteiger charge is -2.21. The van der Waals surface area contributed by atoms with Crippen LogP contribution in [0, 0.1) is 17.2 Å². The minimum absolute atomic E-state index is 0.0622. The normalized spacial score (nSPS) is 19.5. The second-order valence-electron chi connectivity index (χ2n) is 7.56. The number of aromatic nitrogens is 3. The van der Waals surface area contributed by atoms with Crippen molar-refractivity contribution in [2.45, 2.75) is 51.0 Å². The first kappa shape index (κ1) is 15.5. The van der Waals surface area contributed by atoms with Crippen LogP contribution in [0.25, 0.3) is 16.7 Å². The topological polar surface area (TPSA) is 71.6 Å². The molecule has 5 heteroatoms. The molecular weight excluding hydrogens is 324 g/mol. The summed E-state index contributed by atoms with van der Waals surface area (Å²) in [5.74, 6) is 0.545. The summed E-state index contributed by atoms with van der Waals surface area (Å²) in [7, 11) is 0. The lowest BCUT2D eigenvalue weighted by Crippen LogP contribution is -2.18. The number of fused-ring (bicyclic) bond motifs is 2. The van der Waals surface area contributed by atoms with Crippen LogP contribution in [0.15, 0.2) is 24.5 Å². The van der Waals surface area contributed by atoms with E-state index >= 15 is 0 Å². The zero-order valence-corrected chi connectivity index (χ0v) is 14.6. The first-order valence-electron chi connectivity index (χ1n) is 9.43. The maximum Gasteiger partial charge on any atom is 0.188 e. The largest absolute Gasteiger partial charge is 0.292 e. The molecule has 0 amide bonds. The van der Waals surface area contributed by atoms with Gasteiger partial charge in [0.1, 0.15) is 5.69 Å². The number of hydrogen-bond donors (Lipinski definition) is 0. The smallest absolute Gasteiger partial charge is 0.188 e. The second-order valence-corrected chi connectivity index (χ2v) is 7.56. The van der Waals surface area contributed by atoms with Gasteiger partial charge >= 0.3 is 0 Å². The zero-order chi connectivity index (χ0) is 17.7. The van der Waals surface area contributed by atoms with Crippen molar-refractivity contribution in [2.75, 3.05) is 0 Å². The van der Waals surface area contributed by atoms with E-state index in [1.54, 1.807) is 0 Å². The molecule has 1 unspecified atom stereocenters. The number of carbonyl (C=O) groups excluding carboxylic acids is 1. The molecule has 1 saturated carbocycles. The molecule has 0 spiro atoms. The molecule has 0 radical (unpaired) electrons. The Morgan fingerprint density at radius 3 is 2.96 bits per heavy atom. The van der Waals surface area contributed by atoms with E-state index in [2.05, 4.69) is 17.1 Å². The highest BCUT2D eigenvalue weighted by Gasteiger charge is 2.33. The van der Waals surface area contributed by atoms with Gasteiger partial charge < -0.3 is 0 Å². The van der Waals surface area contributed by atoms with Gasteiger partial charge in [0.25, 0.3) is 0 Å². The predicted octanol–water partition coefficient (Wildman–Crippen LogP) is 4.12. The SMILES string of the molecule is N#CCC(C1CCCC1)n1cc2c(n1)C(=O)CC1=CCc3nccc-2c31. The van der Waals surface area contributed by atoms with E-state index in [4.69, 9.17) is 5.10 Å². The molecule has 0 aliphatic heterocycles. The predicted molar refractivity (Wildman–Crippen MR) is 97.3 cm³/mol. The lowest BCUT2D eigenvalue weighted by molar-refractivity contribution is 0.0993. The third-order valence-corrected chi connectivity index (χ3v) is 6.11. The molecule has 2 aromatic rings. The highest BCUT2D eigenvalue weighted by molar-refractivity contribution is 6.10. The van der Waals surface area contributed by atoms with Crippen molar-refractivity contribution in [1.82, 2.24) is 14.8 Å². The summed E-state index contributed by atoms with van der Waals surface area (Å²) in [5.41, 5.74) is 5.77. The molecular formula is C21H20N4O. The number of carbonyl (C=O) groups is 1. The Hall–Kier alpha value is -2.74. The monoisotopic (exact) mass is 344 g/mol. The highest BCUT2D eigenvalue weighted by atomic mass is 16.1. The molecule has 1 fully saturated rings. The second kappa shape index (κ2) is 5.91. The number of nitriles is 1. The standard InChI is InChI=1S/C21H20N4O/c22-9-7-18(13-3-1-2-4-13)25-12-16-15-8-10-23-17-6-5-14(20(15)17)11-19(26)21(16)24-25/h5,8,10,12-13,18H,1-4,6-7,11H2. The van der Waals surface area contributed by atoms with E-state index in [-0.39, 0.29) is 11.8 Å². The highest BCUT2D eigenvalue weighted by Crippen LogP contribution is 2.43. The number of hydrogen-bond acceptors (Lipinski definition) is 4. The van der Waals surface area contributed by atoms with Gasteiger partial charge in [-0.1, -0.05) is 18.9 Å². The fourth-order valence-electron chi connectivity index (χ4n) is 4.86. The molecule has 0 N–H and O–H groups in total. The molecule has 0 bridgehead atoms. The van der Waals surface area contributed by atoms with Crippen molar-refractivity contribution in [2.24, 2.45) is 5.92 Å². The first-order chi connectivity index (χ1) is 12.8. The number of nitrogens with zero attached hydrogens (tertiary/aromatic N) is 4. The van der Waals surface area contributed by atoms with Crippen LogP contribution < -0.4 is 0 Å². The van der Waals surface area contributed by atoms with Crippen LogP contribution >= 0.6 is 0 Å². The van der Waals surface area contributed by atoms with Crippen LogP contribution in [0.3, 0.4) is 0 Å². The minimum atomic E-state index is 0.0622.